The Labute approximate surface area is 150 Å². The summed E-state index contributed by atoms with van der Waals surface area (Å²) in [6.07, 6.45) is 9.13. The van der Waals surface area contributed by atoms with E-state index >= 15 is 0 Å². The monoisotopic (exact) mass is 347 g/mol. The van der Waals surface area contributed by atoms with Crippen LogP contribution in [0.1, 0.15) is 5.56 Å². The minimum Gasteiger partial charge on any atom is -0.325 e. The molecule has 0 N–H and O–H groups in total. The molecule has 6 heteroatoms. The number of rotatable bonds is 4. The summed E-state index contributed by atoms with van der Waals surface area (Å²) in [5.74, 6) is 1.50. The van der Waals surface area contributed by atoms with Gasteiger partial charge in [0, 0.05) is 47.1 Å². The van der Waals surface area contributed by atoms with Crippen LogP contribution in [0, 0.1) is 0 Å². The lowest BCUT2D eigenvalue weighted by Crippen LogP contribution is -2.03. The molecule has 0 spiro atoms. The third-order valence-electron chi connectivity index (χ3n) is 3.77. The second-order valence-corrected chi connectivity index (χ2v) is 5.95. The Morgan fingerprint density at radius 3 is 2.36 bits per heavy atom. The van der Waals surface area contributed by atoms with Gasteiger partial charge in [-0.05, 0) is 36.4 Å². The second kappa shape index (κ2) is 6.83. The van der Waals surface area contributed by atoms with Crippen LogP contribution in [0.25, 0.3) is 22.9 Å². The van der Waals surface area contributed by atoms with E-state index < -0.39 is 0 Å². The van der Waals surface area contributed by atoms with Crippen LogP contribution in [0.2, 0.25) is 5.02 Å². The van der Waals surface area contributed by atoms with Gasteiger partial charge in [0.1, 0.15) is 5.69 Å². The lowest BCUT2D eigenvalue weighted by molar-refractivity contribution is 0.794. The Balaban J connectivity index is 1.56. The fourth-order valence-electron chi connectivity index (χ4n) is 2.55. The van der Waals surface area contributed by atoms with Crippen molar-refractivity contribution in [2.45, 2.75) is 6.54 Å². The van der Waals surface area contributed by atoms with Gasteiger partial charge in [-0.1, -0.05) is 17.7 Å². The third kappa shape index (κ3) is 3.41. The van der Waals surface area contributed by atoms with Crippen molar-refractivity contribution in [3.05, 3.63) is 84.0 Å². The molecule has 3 aromatic heterocycles. The lowest BCUT2D eigenvalue weighted by Gasteiger charge is -2.08. The highest BCUT2D eigenvalue weighted by molar-refractivity contribution is 6.30. The lowest BCUT2D eigenvalue weighted by atomic mass is 10.2. The van der Waals surface area contributed by atoms with E-state index in [0.29, 0.717) is 17.4 Å². The quantitative estimate of drug-likeness (QED) is 0.557. The summed E-state index contributed by atoms with van der Waals surface area (Å²) in [5, 5.41) is 0.697. The van der Waals surface area contributed by atoms with Gasteiger partial charge in [-0.15, -0.1) is 0 Å². The molecule has 0 bridgehead atoms. The first-order valence-corrected chi connectivity index (χ1v) is 8.17. The van der Waals surface area contributed by atoms with E-state index in [4.69, 9.17) is 11.6 Å². The van der Waals surface area contributed by atoms with Crippen LogP contribution in [-0.2, 0) is 6.54 Å². The molecule has 122 valence electrons. The fourth-order valence-corrected chi connectivity index (χ4v) is 2.67. The van der Waals surface area contributed by atoms with E-state index in [2.05, 4.69) is 19.9 Å². The second-order valence-electron chi connectivity index (χ2n) is 5.52. The summed E-state index contributed by atoms with van der Waals surface area (Å²) in [6.45, 7) is 0.632. The van der Waals surface area contributed by atoms with Crippen molar-refractivity contribution < 1.29 is 0 Å². The molecule has 0 atom stereocenters. The van der Waals surface area contributed by atoms with E-state index in [1.807, 2.05) is 65.6 Å². The first kappa shape index (κ1) is 15.5. The average molecular weight is 348 g/mol. The first-order valence-electron chi connectivity index (χ1n) is 7.79. The number of imidazole rings is 1. The number of halogens is 1. The Hall–Kier alpha value is -3.05. The van der Waals surface area contributed by atoms with Gasteiger partial charge in [-0.3, -0.25) is 4.98 Å². The number of nitrogens with zero attached hydrogens (tertiary/aromatic N) is 5. The van der Waals surface area contributed by atoms with Crippen molar-refractivity contribution in [2.24, 2.45) is 0 Å². The molecule has 5 nitrogen and oxygen atoms in total. The molecule has 0 aliphatic rings. The molecule has 0 radical (unpaired) electrons. The van der Waals surface area contributed by atoms with Crippen molar-refractivity contribution >= 4 is 11.6 Å². The van der Waals surface area contributed by atoms with E-state index in [-0.39, 0.29) is 0 Å². The van der Waals surface area contributed by atoms with Crippen molar-refractivity contribution in [1.82, 2.24) is 24.5 Å². The summed E-state index contributed by atoms with van der Waals surface area (Å²) < 4.78 is 2.03. The largest absolute Gasteiger partial charge is 0.325 e. The Kier molecular flexibility index (Phi) is 4.23. The summed E-state index contributed by atoms with van der Waals surface area (Å²) in [5.41, 5.74) is 2.77. The predicted molar refractivity (Wildman–Crippen MR) is 97.0 cm³/mol. The maximum Gasteiger partial charge on any atom is 0.159 e. The van der Waals surface area contributed by atoms with E-state index in [0.717, 1.165) is 22.6 Å². The van der Waals surface area contributed by atoms with Crippen LogP contribution >= 0.6 is 11.6 Å². The number of pyridine rings is 1. The molecule has 0 fully saturated rings. The van der Waals surface area contributed by atoms with Crippen molar-refractivity contribution in [2.75, 3.05) is 0 Å². The zero-order chi connectivity index (χ0) is 17.1. The Bertz CT molecular complexity index is 963. The summed E-state index contributed by atoms with van der Waals surface area (Å²) in [7, 11) is 0. The van der Waals surface area contributed by atoms with Crippen molar-refractivity contribution in [3.63, 3.8) is 0 Å². The van der Waals surface area contributed by atoms with Gasteiger partial charge >= 0.3 is 0 Å². The van der Waals surface area contributed by atoms with Crippen molar-refractivity contribution in [1.29, 1.82) is 0 Å². The van der Waals surface area contributed by atoms with E-state index in [9.17, 15) is 0 Å². The highest BCUT2D eigenvalue weighted by atomic mass is 35.5. The molecule has 0 amide bonds. The van der Waals surface area contributed by atoms with Crippen LogP contribution in [-0.4, -0.2) is 24.5 Å². The minimum absolute atomic E-state index is 0.632. The highest BCUT2D eigenvalue weighted by Gasteiger charge is 2.08. The zero-order valence-electron chi connectivity index (χ0n) is 13.2. The average Bonchev–Trinajstić information content (AvgIpc) is 3.12. The molecule has 25 heavy (non-hydrogen) atoms. The Morgan fingerprint density at radius 1 is 0.840 bits per heavy atom. The minimum atomic E-state index is 0.632. The number of hydrogen-bond acceptors (Lipinski definition) is 4. The molecular formula is C19H14ClN5. The third-order valence-corrected chi connectivity index (χ3v) is 4.02. The van der Waals surface area contributed by atoms with Crippen molar-refractivity contribution in [3.8, 4) is 22.9 Å². The fraction of sp³-hybridized carbons (Fsp3) is 0.0526. The molecule has 4 rings (SSSR count). The highest BCUT2D eigenvalue weighted by Crippen LogP contribution is 2.19. The summed E-state index contributed by atoms with van der Waals surface area (Å²) in [6, 6.07) is 13.3. The molecule has 0 aliphatic carbocycles. The number of hydrogen-bond donors (Lipinski definition) is 0. The SMILES string of the molecule is Clc1ccc(-c2ncc(Cn3ccnc3-c3ccccn3)cn2)cc1. The molecule has 0 unspecified atom stereocenters. The topological polar surface area (TPSA) is 56.5 Å². The smallest absolute Gasteiger partial charge is 0.159 e. The van der Waals surface area contributed by atoms with E-state index in [1.165, 1.54) is 0 Å². The molecule has 0 saturated carbocycles. The Morgan fingerprint density at radius 2 is 1.64 bits per heavy atom. The van der Waals surface area contributed by atoms with Gasteiger partial charge < -0.3 is 4.57 Å². The summed E-state index contributed by atoms with van der Waals surface area (Å²) in [4.78, 5) is 17.7. The zero-order valence-corrected chi connectivity index (χ0v) is 14.0. The summed E-state index contributed by atoms with van der Waals surface area (Å²) >= 11 is 5.91. The molecule has 0 saturated heterocycles. The van der Waals surface area contributed by atoms with Gasteiger partial charge in [-0.2, -0.15) is 0 Å². The van der Waals surface area contributed by atoms with Crippen LogP contribution in [0.5, 0.6) is 0 Å². The van der Waals surface area contributed by atoms with Crippen LogP contribution in [0.3, 0.4) is 0 Å². The van der Waals surface area contributed by atoms with Crippen LogP contribution < -0.4 is 0 Å². The van der Waals surface area contributed by atoms with Crippen LogP contribution in [0.15, 0.2) is 73.4 Å². The maximum absolute atomic E-state index is 5.91. The molecule has 4 aromatic rings. The standard InChI is InChI=1S/C19H14ClN5/c20-16-6-4-15(5-7-16)18-23-11-14(12-24-18)13-25-10-9-22-19(25)17-3-1-2-8-21-17/h1-12H,13H2. The molecule has 0 aliphatic heterocycles. The number of aromatic nitrogens is 5. The molecule has 3 heterocycles. The molecule has 1 aromatic carbocycles. The van der Waals surface area contributed by atoms with Crippen LogP contribution in [0.4, 0.5) is 0 Å². The predicted octanol–water partition coefficient (Wildman–Crippen LogP) is 4.10. The van der Waals surface area contributed by atoms with Gasteiger partial charge in [0.2, 0.25) is 0 Å². The maximum atomic E-state index is 5.91. The van der Waals surface area contributed by atoms with Gasteiger partial charge in [0.15, 0.2) is 11.6 Å². The van der Waals surface area contributed by atoms with Gasteiger partial charge in [0.25, 0.3) is 0 Å². The van der Waals surface area contributed by atoms with Gasteiger partial charge in [-0.25, -0.2) is 15.0 Å². The molecular weight excluding hydrogens is 334 g/mol. The normalized spacial score (nSPS) is 10.8. The van der Waals surface area contributed by atoms with E-state index in [1.54, 1.807) is 12.4 Å². The number of benzene rings is 1. The first-order chi connectivity index (χ1) is 12.3. The van der Waals surface area contributed by atoms with Gasteiger partial charge in [0.05, 0.1) is 6.54 Å².